The molecule has 1 aliphatic rings. The van der Waals surface area contributed by atoms with E-state index < -0.39 is 5.60 Å². The molecule has 2 unspecified atom stereocenters. The maximum absolute atomic E-state index is 12.8. The van der Waals surface area contributed by atoms with Crippen molar-refractivity contribution in [1.82, 2.24) is 9.80 Å². The van der Waals surface area contributed by atoms with Crippen LogP contribution in [0.3, 0.4) is 0 Å². The van der Waals surface area contributed by atoms with Gasteiger partial charge in [0.15, 0.2) is 0 Å². The zero-order chi connectivity index (χ0) is 20.1. The van der Waals surface area contributed by atoms with E-state index in [0.29, 0.717) is 32.5 Å². The number of amides is 1. The van der Waals surface area contributed by atoms with E-state index in [-0.39, 0.29) is 17.6 Å². The summed E-state index contributed by atoms with van der Waals surface area (Å²) >= 11 is 0. The minimum atomic E-state index is -1.06. The van der Waals surface area contributed by atoms with Crippen molar-refractivity contribution in [3.05, 3.63) is 65.7 Å². The largest absolute Gasteiger partial charge is 0.508 e. The third-order valence-corrected chi connectivity index (χ3v) is 5.63. The molecule has 1 aliphatic heterocycles. The molecule has 2 atom stereocenters. The van der Waals surface area contributed by atoms with Crippen molar-refractivity contribution in [2.24, 2.45) is 5.92 Å². The number of piperidine rings is 1. The minimum absolute atomic E-state index is 0.126. The molecule has 0 aliphatic carbocycles. The molecule has 0 bridgehead atoms. The summed E-state index contributed by atoms with van der Waals surface area (Å²) in [7, 11) is 3.94. The predicted molar refractivity (Wildman–Crippen MR) is 110 cm³/mol. The van der Waals surface area contributed by atoms with Crippen LogP contribution in [0.1, 0.15) is 24.0 Å². The van der Waals surface area contributed by atoms with E-state index in [1.54, 1.807) is 18.2 Å². The Balaban J connectivity index is 1.72. The summed E-state index contributed by atoms with van der Waals surface area (Å²) in [6.45, 7) is 1.69. The van der Waals surface area contributed by atoms with Crippen molar-refractivity contribution in [2.45, 2.75) is 24.9 Å². The van der Waals surface area contributed by atoms with Crippen molar-refractivity contribution in [3.63, 3.8) is 0 Å². The van der Waals surface area contributed by atoms with Gasteiger partial charge in [-0.3, -0.25) is 4.79 Å². The van der Waals surface area contributed by atoms with Gasteiger partial charge in [0.05, 0.1) is 5.60 Å². The first-order valence-electron chi connectivity index (χ1n) is 9.87. The smallest absolute Gasteiger partial charge is 0.222 e. The average molecular weight is 383 g/mol. The molecule has 0 radical (unpaired) electrons. The Morgan fingerprint density at radius 2 is 1.93 bits per heavy atom. The zero-order valence-electron chi connectivity index (χ0n) is 16.7. The molecule has 0 saturated carbocycles. The van der Waals surface area contributed by atoms with Crippen LogP contribution in [0, 0.1) is 5.92 Å². The Kier molecular flexibility index (Phi) is 6.37. The van der Waals surface area contributed by atoms with Gasteiger partial charge in [0.25, 0.3) is 0 Å². The lowest BCUT2D eigenvalue weighted by atomic mass is 9.75. The molecule has 5 nitrogen and oxygen atoms in total. The quantitative estimate of drug-likeness (QED) is 0.806. The highest BCUT2D eigenvalue weighted by Crippen LogP contribution is 2.39. The number of rotatable bonds is 6. The highest BCUT2D eigenvalue weighted by molar-refractivity contribution is 5.76. The standard InChI is InChI=1S/C23H30N2O3/c1-24(2)16-20-17-25(22(27)12-11-18-7-4-3-5-8-18)14-13-23(20,28)19-9-6-10-21(26)15-19/h3-10,15,20,26,28H,11-14,16-17H2,1-2H3. The number of carbonyl (C=O) groups excluding carboxylic acids is 1. The van der Waals surface area contributed by atoms with E-state index in [1.807, 2.05) is 60.3 Å². The van der Waals surface area contributed by atoms with E-state index in [1.165, 1.54) is 0 Å². The first-order valence-corrected chi connectivity index (χ1v) is 9.87. The molecular weight excluding hydrogens is 352 g/mol. The van der Waals surface area contributed by atoms with Crippen molar-refractivity contribution >= 4 is 5.91 Å². The number of aromatic hydroxyl groups is 1. The molecule has 0 spiro atoms. The van der Waals surface area contributed by atoms with Crippen LogP contribution in [0.2, 0.25) is 0 Å². The maximum atomic E-state index is 12.8. The van der Waals surface area contributed by atoms with Gasteiger partial charge in [-0.05, 0) is 50.2 Å². The van der Waals surface area contributed by atoms with Gasteiger partial charge in [0.1, 0.15) is 5.75 Å². The normalized spacial score (nSPS) is 22.4. The lowest BCUT2D eigenvalue weighted by Crippen LogP contribution is -2.54. The van der Waals surface area contributed by atoms with E-state index in [4.69, 9.17) is 0 Å². The monoisotopic (exact) mass is 382 g/mol. The van der Waals surface area contributed by atoms with E-state index in [9.17, 15) is 15.0 Å². The topological polar surface area (TPSA) is 64.0 Å². The number of aliphatic hydroxyl groups is 1. The summed E-state index contributed by atoms with van der Waals surface area (Å²) in [6, 6.07) is 16.9. The number of carbonyl (C=O) groups is 1. The van der Waals surface area contributed by atoms with Gasteiger partial charge in [-0.15, -0.1) is 0 Å². The number of aryl methyl sites for hydroxylation is 1. The molecule has 2 aromatic carbocycles. The maximum Gasteiger partial charge on any atom is 0.222 e. The third-order valence-electron chi connectivity index (χ3n) is 5.63. The van der Waals surface area contributed by atoms with Gasteiger partial charge in [-0.25, -0.2) is 0 Å². The fourth-order valence-corrected chi connectivity index (χ4v) is 4.10. The van der Waals surface area contributed by atoms with Gasteiger partial charge in [0, 0.05) is 32.0 Å². The minimum Gasteiger partial charge on any atom is -0.508 e. The molecule has 1 fully saturated rings. The molecule has 28 heavy (non-hydrogen) atoms. The van der Waals surface area contributed by atoms with E-state index in [2.05, 4.69) is 0 Å². The first-order chi connectivity index (χ1) is 13.4. The van der Waals surface area contributed by atoms with E-state index >= 15 is 0 Å². The van der Waals surface area contributed by atoms with Gasteiger partial charge in [-0.2, -0.15) is 0 Å². The number of nitrogens with zero attached hydrogens (tertiary/aromatic N) is 2. The van der Waals surface area contributed by atoms with Crippen LogP contribution in [0.15, 0.2) is 54.6 Å². The molecule has 3 rings (SSSR count). The lowest BCUT2D eigenvalue weighted by molar-refractivity contribution is -0.141. The molecule has 0 aromatic heterocycles. The van der Waals surface area contributed by atoms with Gasteiger partial charge < -0.3 is 20.0 Å². The van der Waals surface area contributed by atoms with Gasteiger partial charge in [-0.1, -0.05) is 42.5 Å². The van der Waals surface area contributed by atoms with Crippen LogP contribution in [-0.2, 0) is 16.8 Å². The van der Waals surface area contributed by atoms with Crippen LogP contribution >= 0.6 is 0 Å². The summed E-state index contributed by atoms with van der Waals surface area (Å²) in [5.74, 6) is 0.153. The van der Waals surface area contributed by atoms with Crippen LogP contribution in [0.4, 0.5) is 0 Å². The Bertz CT molecular complexity index is 793. The van der Waals surface area contributed by atoms with Crippen LogP contribution in [-0.4, -0.2) is 59.6 Å². The highest BCUT2D eigenvalue weighted by atomic mass is 16.3. The van der Waals surface area contributed by atoms with Crippen LogP contribution in [0.25, 0.3) is 0 Å². The summed E-state index contributed by atoms with van der Waals surface area (Å²) in [4.78, 5) is 16.7. The predicted octanol–water partition coefficient (Wildman–Crippen LogP) is 2.62. The summed E-state index contributed by atoms with van der Waals surface area (Å²) in [6.07, 6.45) is 1.67. The first kappa shape index (κ1) is 20.4. The summed E-state index contributed by atoms with van der Waals surface area (Å²) in [5.41, 5.74) is 0.823. The molecule has 1 saturated heterocycles. The fourth-order valence-electron chi connectivity index (χ4n) is 4.10. The van der Waals surface area contributed by atoms with E-state index in [0.717, 1.165) is 17.5 Å². The Labute approximate surface area is 167 Å². The number of phenols is 1. The second-order valence-electron chi connectivity index (χ2n) is 8.01. The third kappa shape index (κ3) is 4.72. The van der Waals surface area contributed by atoms with Gasteiger partial charge >= 0.3 is 0 Å². The molecule has 2 N–H and O–H groups in total. The summed E-state index contributed by atoms with van der Waals surface area (Å²) < 4.78 is 0. The molecular formula is C23H30N2O3. The molecule has 1 amide bonds. The average Bonchev–Trinajstić information content (AvgIpc) is 2.68. The summed E-state index contributed by atoms with van der Waals surface area (Å²) in [5, 5.41) is 21.4. The number of likely N-dealkylation sites (tertiary alicyclic amines) is 1. The molecule has 1 heterocycles. The number of phenolic OH excluding ortho intramolecular Hbond substituents is 1. The molecule has 5 heteroatoms. The fraction of sp³-hybridized carbons (Fsp3) is 0.435. The van der Waals surface area contributed by atoms with Crippen molar-refractivity contribution in [1.29, 1.82) is 0 Å². The van der Waals surface area contributed by atoms with Crippen LogP contribution < -0.4 is 0 Å². The molecule has 150 valence electrons. The number of hydrogen-bond donors (Lipinski definition) is 2. The second kappa shape index (κ2) is 8.76. The highest BCUT2D eigenvalue weighted by Gasteiger charge is 2.44. The van der Waals surface area contributed by atoms with Crippen molar-refractivity contribution in [3.8, 4) is 5.75 Å². The van der Waals surface area contributed by atoms with Crippen LogP contribution in [0.5, 0.6) is 5.75 Å². The number of hydrogen-bond acceptors (Lipinski definition) is 4. The van der Waals surface area contributed by atoms with Gasteiger partial charge in [0.2, 0.25) is 5.91 Å². The Hall–Kier alpha value is -2.37. The second-order valence-corrected chi connectivity index (χ2v) is 8.01. The SMILES string of the molecule is CN(C)CC1CN(C(=O)CCc2ccccc2)CCC1(O)c1cccc(O)c1. The Morgan fingerprint density at radius 1 is 1.18 bits per heavy atom. The lowest BCUT2D eigenvalue weighted by Gasteiger charge is -2.46. The Morgan fingerprint density at radius 3 is 2.61 bits per heavy atom. The zero-order valence-corrected chi connectivity index (χ0v) is 16.7. The molecule has 2 aromatic rings. The number of benzene rings is 2. The van der Waals surface area contributed by atoms with Crippen molar-refractivity contribution < 1.29 is 15.0 Å². The van der Waals surface area contributed by atoms with Crippen molar-refractivity contribution in [2.75, 3.05) is 33.7 Å².